The number of primary amides is 1. The van der Waals surface area contributed by atoms with E-state index in [1.54, 1.807) is 26.2 Å². The molecule has 3 aliphatic carbocycles. The van der Waals surface area contributed by atoms with E-state index >= 15 is 0 Å². The zero-order chi connectivity index (χ0) is 34.0. The highest BCUT2D eigenvalue weighted by Gasteiger charge is 2.63. The number of rotatable bonds is 9. The number of carbonyl (C=O) groups excluding carboxylic acids is 3. The van der Waals surface area contributed by atoms with Crippen molar-refractivity contribution in [2.45, 2.75) is 31.0 Å². The number of benzene rings is 1. The molecule has 248 valence electrons. The van der Waals surface area contributed by atoms with Gasteiger partial charge in [-0.05, 0) is 77.8 Å². The SMILES string of the molecule is CN(C)CCN(C)Cc1ccc(-c2cc(N(C)C)c3c(c2O)C(=O)C2=C(O)[C@]4(O)C(=O)C(C(N)=O)=C(O)C(N(C)C)[C@@H]4C[C@@H]2C3)o1. The molecule has 1 amide bonds. The van der Waals surface area contributed by atoms with Crippen molar-refractivity contribution in [3.05, 3.63) is 57.8 Å². The minimum atomic E-state index is -2.70. The van der Waals surface area contributed by atoms with Crippen LogP contribution < -0.4 is 10.6 Å². The molecule has 4 atom stereocenters. The minimum absolute atomic E-state index is 0.0179. The van der Waals surface area contributed by atoms with E-state index in [0.29, 0.717) is 29.3 Å². The zero-order valence-electron chi connectivity index (χ0n) is 27.3. The summed E-state index contributed by atoms with van der Waals surface area (Å²) in [6.07, 6.45) is 0.208. The summed E-state index contributed by atoms with van der Waals surface area (Å²) in [4.78, 5) is 47.7. The molecule has 1 unspecified atom stereocenters. The number of amides is 1. The Morgan fingerprint density at radius 3 is 2.30 bits per heavy atom. The third-order valence-corrected chi connectivity index (χ3v) is 9.46. The van der Waals surface area contributed by atoms with Crippen LogP contribution in [0.25, 0.3) is 11.3 Å². The monoisotopic (exact) mass is 637 g/mol. The standard InChI is InChI=1S/C33H43N5O8/c1-35(2)10-11-38(7)15-17-8-9-22(46-17)19-14-21(36(3)4)18-12-16-13-20-26(37(5)6)29(41)25(32(34)44)31(43)33(20,45)30(42)23(16)28(40)24(18)27(19)39/h8-9,14,16,20,26,39,41-42,45H,10-13,15H2,1-7H3,(H2,34,44)/t16-,20-,26?,33-/m0/s1. The zero-order valence-corrected chi connectivity index (χ0v) is 27.3. The van der Waals surface area contributed by atoms with Crippen LogP contribution in [-0.2, 0) is 22.6 Å². The molecule has 5 rings (SSSR count). The summed E-state index contributed by atoms with van der Waals surface area (Å²) in [6.45, 7) is 2.21. The lowest BCUT2D eigenvalue weighted by Crippen LogP contribution is -2.63. The van der Waals surface area contributed by atoms with E-state index < -0.39 is 58.0 Å². The number of nitrogens with two attached hydrogens (primary N) is 1. The number of ketones is 2. The second-order valence-corrected chi connectivity index (χ2v) is 13.3. The molecule has 2 aromatic rings. The maximum Gasteiger partial charge on any atom is 0.255 e. The number of carbonyl (C=O) groups is 3. The number of hydrogen-bond acceptors (Lipinski definition) is 12. The molecule has 0 radical (unpaired) electrons. The normalized spacial score (nSPS) is 24.5. The van der Waals surface area contributed by atoms with Gasteiger partial charge in [-0.25, -0.2) is 0 Å². The van der Waals surface area contributed by atoms with Crippen LogP contribution in [0.15, 0.2) is 45.3 Å². The molecule has 0 fully saturated rings. The second kappa shape index (κ2) is 11.9. The smallest absolute Gasteiger partial charge is 0.255 e. The van der Waals surface area contributed by atoms with Crippen LogP contribution in [0.1, 0.15) is 28.1 Å². The van der Waals surface area contributed by atoms with E-state index in [2.05, 4.69) is 9.80 Å². The summed E-state index contributed by atoms with van der Waals surface area (Å²) < 4.78 is 6.13. The van der Waals surface area contributed by atoms with E-state index in [-0.39, 0.29) is 35.3 Å². The molecule has 46 heavy (non-hydrogen) atoms. The first-order chi connectivity index (χ1) is 21.5. The van der Waals surface area contributed by atoms with Gasteiger partial charge < -0.3 is 40.4 Å². The number of aromatic hydroxyl groups is 1. The first kappa shape index (κ1) is 33.2. The van der Waals surface area contributed by atoms with Gasteiger partial charge in [0.15, 0.2) is 11.4 Å². The average Bonchev–Trinajstić information content (AvgIpc) is 3.41. The van der Waals surface area contributed by atoms with Gasteiger partial charge >= 0.3 is 0 Å². The fourth-order valence-electron chi connectivity index (χ4n) is 7.21. The first-order valence-electron chi connectivity index (χ1n) is 15.1. The van der Waals surface area contributed by atoms with Crippen molar-refractivity contribution in [2.75, 3.05) is 67.3 Å². The molecular formula is C33H43N5O8. The van der Waals surface area contributed by atoms with Crippen LogP contribution in [0.4, 0.5) is 5.69 Å². The second-order valence-electron chi connectivity index (χ2n) is 13.3. The number of anilines is 1. The Morgan fingerprint density at radius 2 is 1.72 bits per heavy atom. The lowest BCUT2D eigenvalue weighted by atomic mass is 9.58. The molecule has 0 bridgehead atoms. The number of phenols is 1. The molecule has 6 N–H and O–H groups in total. The van der Waals surface area contributed by atoms with Crippen molar-refractivity contribution in [2.24, 2.45) is 17.6 Å². The van der Waals surface area contributed by atoms with Gasteiger partial charge in [-0.15, -0.1) is 0 Å². The molecule has 3 aliphatic rings. The number of hydrogen-bond donors (Lipinski definition) is 5. The van der Waals surface area contributed by atoms with Crippen molar-refractivity contribution in [3.8, 4) is 17.1 Å². The summed E-state index contributed by atoms with van der Waals surface area (Å²) in [5.74, 6) is -5.88. The number of phenolic OH excluding ortho intramolecular Hbond substituents is 1. The molecule has 0 saturated heterocycles. The van der Waals surface area contributed by atoms with Crippen LogP contribution in [-0.4, -0.2) is 127 Å². The van der Waals surface area contributed by atoms with Crippen LogP contribution in [0.2, 0.25) is 0 Å². The van der Waals surface area contributed by atoms with E-state index in [1.165, 1.54) is 4.90 Å². The average molecular weight is 638 g/mol. The Labute approximate surface area is 267 Å². The topological polar surface area (TPSA) is 184 Å². The van der Waals surface area contributed by atoms with Crippen molar-refractivity contribution < 1.29 is 39.2 Å². The van der Waals surface area contributed by atoms with E-state index in [0.717, 1.165) is 13.1 Å². The highest BCUT2D eigenvalue weighted by Crippen LogP contribution is 2.54. The maximum absolute atomic E-state index is 14.3. The number of aliphatic hydroxyl groups is 3. The van der Waals surface area contributed by atoms with Crippen molar-refractivity contribution >= 4 is 23.2 Å². The summed E-state index contributed by atoms with van der Waals surface area (Å²) in [7, 11) is 12.8. The Bertz CT molecular complexity index is 1670. The third kappa shape index (κ3) is 5.16. The Morgan fingerprint density at radius 1 is 1.04 bits per heavy atom. The predicted octanol–water partition coefficient (Wildman–Crippen LogP) is 1.44. The number of nitrogens with zero attached hydrogens (tertiary/aromatic N) is 4. The Hall–Kier alpha value is -4.17. The third-order valence-electron chi connectivity index (χ3n) is 9.46. The van der Waals surface area contributed by atoms with E-state index in [1.807, 2.05) is 46.2 Å². The highest BCUT2D eigenvalue weighted by molar-refractivity contribution is 6.25. The van der Waals surface area contributed by atoms with Gasteiger partial charge in [0.2, 0.25) is 5.78 Å². The number of furan rings is 1. The van der Waals surface area contributed by atoms with Crippen molar-refractivity contribution in [1.82, 2.24) is 14.7 Å². The van der Waals surface area contributed by atoms with Crippen LogP contribution in [0, 0.1) is 11.8 Å². The molecule has 1 heterocycles. The summed E-state index contributed by atoms with van der Waals surface area (Å²) in [6, 6.07) is 4.25. The lowest BCUT2D eigenvalue weighted by molar-refractivity contribution is -0.148. The maximum atomic E-state index is 14.3. The molecule has 0 saturated carbocycles. The number of aliphatic hydroxyl groups excluding tert-OH is 2. The Balaban J connectivity index is 1.62. The van der Waals surface area contributed by atoms with Gasteiger partial charge in [0.25, 0.3) is 5.91 Å². The quantitative estimate of drug-likeness (QED) is 0.250. The van der Waals surface area contributed by atoms with Gasteiger partial charge in [0.1, 0.15) is 34.4 Å². The van der Waals surface area contributed by atoms with Gasteiger partial charge in [-0.2, -0.15) is 0 Å². The Kier molecular flexibility index (Phi) is 8.58. The molecule has 13 nitrogen and oxygen atoms in total. The number of likely N-dealkylation sites (N-methyl/N-ethyl adjacent to an activating group) is 3. The fourth-order valence-corrected chi connectivity index (χ4v) is 7.21. The van der Waals surface area contributed by atoms with Crippen molar-refractivity contribution in [1.29, 1.82) is 0 Å². The number of Topliss-reactive ketones (excluding diaryl/α,β-unsaturated/α-hetero) is 2. The van der Waals surface area contributed by atoms with Crippen LogP contribution in [0.3, 0.4) is 0 Å². The highest BCUT2D eigenvalue weighted by atomic mass is 16.4. The van der Waals surface area contributed by atoms with Crippen LogP contribution in [0.5, 0.6) is 5.75 Å². The largest absolute Gasteiger partial charge is 0.510 e. The molecular weight excluding hydrogens is 594 g/mol. The molecule has 0 aliphatic heterocycles. The lowest BCUT2D eigenvalue weighted by Gasteiger charge is -2.50. The molecule has 1 aromatic heterocycles. The van der Waals surface area contributed by atoms with E-state index in [4.69, 9.17) is 10.2 Å². The summed E-state index contributed by atoms with van der Waals surface area (Å²) >= 11 is 0. The molecule has 0 spiro atoms. The van der Waals surface area contributed by atoms with Gasteiger partial charge in [-0.1, -0.05) is 0 Å². The van der Waals surface area contributed by atoms with Crippen LogP contribution >= 0.6 is 0 Å². The van der Waals surface area contributed by atoms with Crippen molar-refractivity contribution in [3.63, 3.8) is 0 Å². The number of allylic oxidation sites excluding steroid dienone is 1. The molecule has 13 heteroatoms. The molecule has 1 aromatic carbocycles. The van der Waals surface area contributed by atoms with Gasteiger partial charge in [-0.3, -0.25) is 24.2 Å². The summed E-state index contributed by atoms with van der Waals surface area (Å²) in [5, 5.41) is 46.1. The van der Waals surface area contributed by atoms with E-state index in [9.17, 15) is 34.8 Å². The number of fused-ring (bicyclic) bond motifs is 3. The fraction of sp³-hybridized carbons (Fsp3) is 0.485. The first-order valence-corrected chi connectivity index (χ1v) is 15.1. The predicted molar refractivity (Wildman–Crippen MR) is 171 cm³/mol. The van der Waals surface area contributed by atoms with Gasteiger partial charge in [0.05, 0.1) is 23.7 Å². The summed E-state index contributed by atoms with van der Waals surface area (Å²) in [5.41, 5.74) is 3.08. The van der Waals surface area contributed by atoms with Gasteiger partial charge in [0, 0.05) is 44.4 Å². The minimum Gasteiger partial charge on any atom is -0.510 e.